The predicted octanol–water partition coefficient (Wildman–Crippen LogP) is 8.09. The third-order valence-corrected chi connectivity index (χ3v) is 20.2. The largest absolute Gasteiger partial charge is 0.484 e. The topological polar surface area (TPSA) is 253 Å². The number of rotatable bonds is 21. The monoisotopic (exact) mass is 1190 g/mol. The van der Waals surface area contributed by atoms with Crippen LogP contribution in [-0.2, 0) is 55.1 Å². The normalized spacial score (nSPS) is 23.9. The van der Waals surface area contributed by atoms with E-state index in [1.165, 1.54) is 49.1 Å². The lowest BCUT2D eigenvalue weighted by Crippen LogP contribution is -2.49. The lowest BCUT2D eigenvalue weighted by Gasteiger charge is -2.41. The molecule has 22 heteroatoms. The molecular formula is C61H82N4O16S2. The molecule has 0 bridgehead atoms. The number of fused-ring (bicyclic) bond motifs is 6. The van der Waals surface area contributed by atoms with Crippen molar-refractivity contribution in [3.8, 4) is 23.0 Å². The molecule has 2 aromatic carbocycles. The zero-order valence-corrected chi connectivity index (χ0v) is 50.9. The first-order chi connectivity index (χ1) is 39.2. The van der Waals surface area contributed by atoms with Gasteiger partial charge in [-0.05, 0) is 125 Å². The summed E-state index contributed by atoms with van der Waals surface area (Å²) in [4.78, 5) is 74.3. The summed E-state index contributed by atoms with van der Waals surface area (Å²) < 4.78 is 80.0. The number of sulfone groups is 2. The van der Waals surface area contributed by atoms with E-state index >= 15 is 0 Å². The van der Waals surface area contributed by atoms with E-state index < -0.39 is 73.3 Å². The Labute approximate surface area is 488 Å². The molecule has 20 nitrogen and oxygen atoms in total. The minimum absolute atomic E-state index is 0.00509. The molecule has 6 aliphatic rings. The molecule has 2 saturated heterocycles. The number of carbonyl (C=O) groups is 5. The van der Waals surface area contributed by atoms with Gasteiger partial charge in [-0.3, -0.25) is 19.3 Å². The van der Waals surface area contributed by atoms with Crippen LogP contribution in [-0.4, -0.2) is 162 Å². The van der Waals surface area contributed by atoms with Crippen molar-refractivity contribution < 1.29 is 74.7 Å². The molecule has 6 heterocycles. The molecule has 0 saturated carbocycles. The third-order valence-electron chi connectivity index (χ3n) is 16.9. The number of hydrogen-bond donors (Lipinski definition) is 2. The van der Waals surface area contributed by atoms with Gasteiger partial charge in [-0.2, -0.15) is 0 Å². The van der Waals surface area contributed by atoms with Crippen molar-refractivity contribution >= 4 is 50.1 Å². The van der Waals surface area contributed by atoms with E-state index in [4.69, 9.17) is 23.7 Å². The van der Waals surface area contributed by atoms with Gasteiger partial charge < -0.3 is 48.6 Å². The fourth-order valence-corrected chi connectivity index (χ4v) is 14.0. The van der Waals surface area contributed by atoms with Crippen molar-refractivity contribution in [3.05, 3.63) is 92.1 Å². The van der Waals surface area contributed by atoms with E-state index in [9.17, 15) is 51.0 Å². The van der Waals surface area contributed by atoms with Gasteiger partial charge >= 0.3 is 12.2 Å². The van der Waals surface area contributed by atoms with E-state index in [-0.39, 0.29) is 129 Å². The molecule has 1 unspecified atom stereocenters. The highest BCUT2D eigenvalue weighted by Crippen LogP contribution is 2.49. The van der Waals surface area contributed by atoms with Crippen molar-refractivity contribution in [3.63, 3.8) is 0 Å². The number of amides is 4. The van der Waals surface area contributed by atoms with Gasteiger partial charge in [-0.1, -0.05) is 46.6 Å². The maximum absolute atomic E-state index is 14.7. The zero-order chi connectivity index (χ0) is 60.2. The first kappa shape index (κ1) is 62.8. The molecule has 0 radical (unpaired) electrons. The smallest absolute Gasteiger partial charge is 0.415 e. The van der Waals surface area contributed by atoms with Crippen LogP contribution >= 0.6 is 0 Å². The van der Waals surface area contributed by atoms with Crippen LogP contribution in [0.25, 0.3) is 0 Å². The molecule has 6 aliphatic heterocycles. The van der Waals surface area contributed by atoms with Gasteiger partial charge in [0.15, 0.2) is 25.9 Å². The lowest BCUT2D eigenvalue weighted by atomic mass is 9.84. The Morgan fingerprint density at radius 2 is 1.08 bits per heavy atom. The van der Waals surface area contributed by atoms with Crippen molar-refractivity contribution in [2.45, 2.75) is 175 Å². The molecule has 2 N–H and O–H groups in total. The number of aliphatic hydroxyl groups is 2. The van der Waals surface area contributed by atoms with E-state index in [2.05, 4.69) is 65.8 Å². The van der Waals surface area contributed by atoms with Gasteiger partial charge in [0.1, 0.15) is 34.2 Å². The Bertz CT molecular complexity index is 3190. The summed E-state index contributed by atoms with van der Waals surface area (Å²) >= 11 is 0. The number of nitrogens with zero attached hydrogens (tertiary/aromatic N) is 4. The lowest BCUT2D eigenvalue weighted by molar-refractivity contribution is -0.141. The van der Waals surface area contributed by atoms with Gasteiger partial charge in [-0.15, -0.1) is 0 Å². The Morgan fingerprint density at radius 1 is 0.651 bits per heavy atom. The number of aliphatic hydroxyl groups excluding tert-OH is 2. The highest BCUT2D eigenvalue weighted by molar-refractivity contribution is 7.91. The summed E-state index contributed by atoms with van der Waals surface area (Å²) in [6, 6.07) is 2.90. The summed E-state index contributed by atoms with van der Waals surface area (Å²) in [6.07, 6.45) is 9.77. The van der Waals surface area contributed by atoms with Gasteiger partial charge in [-0.25, -0.2) is 26.4 Å². The zero-order valence-electron chi connectivity index (χ0n) is 49.3. The molecule has 5 atom stereocenters. The maximum Gasteiger partial charge on any atom is 0.415 e. The fraction of sp³-hybridized carbons (Fsp3) is 0.590. The first-order valence-corrected chi connectivity index (χ1v) is 32.6. The Balaban J connectivity index is 1.02. The minimum Gasteiger partial charge on any atom is -0.484 e. The second-order valence-electron chi connectivity index (χ2n) is 24.0. The number of allylic oxidation sites excluding steroid dienone is 8. The summed E-state index contributed by atoms with van der Waals surface area (Å²) in [5.74, 6) is -1.27. The third kappa shape index (κ3) is 14.8. The van der Waals surface area contributed by atoms with Crippen molar-refractivity contribution in [2.24, 2.45) is 0 Å². The average molecular weight is 1190 g/mol. The number of ether oxygens (including phenoxy) is 5. The quantitative estimate of drug-likeness (QED) is 0.0884. The van der Waals surface area contributed by atoms with Crippen LogP contribution in [0, 0.1) is 0 Å². The molecule has 0 aromatic heterocycles. The van der Waals surface area contributed by atoms with Crippen LogP contribution < -0.4 is 18.9 Å². The van der Waals surface area contributed by atoms with Gasteiger partial charge in [0.2, 0.25) is 0 Å². The molecular weight excluding hydrogens is 1110 g/mol. The predicted molar refractivity (Wildman–Crippen MR) is 311 cm³/mol. The standard InChI is InChI=1S/C61H82N4O16S2/c1-39(2)14-9-16-41(5)18-11-21-60(7)51(67)34-45-49(78-58(71)62-24-28-82(73,74)29-25-62)32-43-47(54(45)80-60)36-64(56(43)69)23-13-20-53(77-38-66)65-37-48-44(57(65)70)33-50(79-59(72)63-26-30-83(75,76)31-27-63)46-35-52(68)61(8,81-55(46)48)22-12-19-42(6)17-10-15-40(3)4/h14-15,18-19,32-33,38,51-53,67-68H,9-13,16-17,20-31,34-37H2,1-8H3/b41-18+,42-19+/t51-,52-,53?,60+,61+/m0/s1. The van der Waals surface area contributed by atoms with E-state index in [1.54, 1.807) is 11.8 Å². The van der Waals surface area contributed by atoms with Crippen molar-refractivity contribution in [1.82, 2.24) is 19.6 Å². The van der Waals surface area contributed by atoms with Crippen LogP contribution in [0.2, 0.25) is 0 Å². The van der Waals surface area contributed by atoms with Gasteiger partial charge in [0.05, 0.1) is 59.4 Å². The van der Waals surface area contributed by atoms with E-state index in [0.29, 0.717) is 53.7 Å². The van der Waals surface area contributed by atoms with Crippen molar-refractivity contribution in [1.29, 1.82) is 0 Å². The number of carbonyl (C=O) groups excluding carboxylic acids is 5. The highest BCUT2D eigenvalue weighted by atomic mass is 32.2. The summed E-state index contributed by atoms with van der Waals surface area (Å²) in [7, 11) is -6.64. The maximum atomic E-state index is 14.7. The first-order valence-electron chi connectivity index (χ1n) is 28.9. The molecule has 2 aromatic rings. The van der Waals surface area contributed by atoms with Crippen molar-refractivity contribution in [2.75, 3.05) is 55.7 Å². The molecule has 4 amide bonds. The number of hydrogen-bond acceptors (Lipinski definition) is 16. The van der Waals surface area contributed by atoms with Crippen LogP contribution in [0.5, 0.6) is 23.0 Å². The number of benzene rings is 2. The van der Waals surface area contributed by atoms with Gasteiger partial charge in [0, 0.05) is 74.2 Å². The molecule has 454 valence electrons. The van der Waals surface area contributed by atoms with E-state index in [1.807, 2.05) is 6.92 Å². The molecule has 2 fully saturated rings. The summed E-state index contributed by atoms with van der Waals surface area (Å²) in [6.45, 7) is 16.1. The SMILES string of the molecule is CC(C)=CCC/C(C)=C/CC[C@@]1(C)Oc2c(c(OC(=O)N3CCS(=O)(=O)CC3)cc3c2CN(CCCC(OC=O)N2Cc4c(cc(OC(=O)N5CCS(=O)(=O)CC5)c5c4O[C@](C)(CC/C=C(\C)CCC=C(C)C)[C@@H](O)C5)C2=O)C3=O)C[C@@H]1O. The second kappa shape index (κ2) is 25.9. The Kier molecular flexibility index (Phi) is 19.6. The van der Waals surface area contributed by atoms with Gasteiger partial charge in [0.25, 0.3) is 18.3 Å². The molecule has 0 spiro atoms. The Morgan fingerprint density at radius 3 is 1.52 bits per heavy atom. The van der Waals surface area contributed by atoms with Crippen LogP contribution in [0.3, 0.4) is 0 Å². The van der Waals surface area contributed by atoms with Crippen LogP contribution in [0.15, 0.2) is 58.7 Å². The second-order valence-corrected chi connectivity index (χ2v) is 28.6. The van der Waals surface area contributed by atoms with Crippen LogP contribution in [0.4, 0.5) is 9.59 Å². The minimum atomic E-state index is -3.33. The molecule has 8 rings (SSSR count). The van der Waals surface area contributed by atoms with Crippen LogP contribution in [0.1, 0.15) is 163 Å². The average Bonchev–Trinajstić information content (AvgIpc) is 2.04. The highest BCUT2D eigenvalue weighted by Gasteiger charge is 2.48. The summed E-state index contributed by atoms with van der Waals surface area (Å²) in [5.41, 5.74) is 4.74. The summed E-state index contributed by atoms with van der Waals surface area (Å²) in [5, 5.41) is 23.5. The molecule has 0 aliphatic carbocycles. The fourth-order valence-electron chi connectivity index (χ4n) is 11.6. The van der Waals surface area contributed by atoms with E-state index in [0.717, 1.165) is 25.7 Å². The molecule has 83 heavy (non-hydrogen) atoms. The Hall–Kier alpha value is -6.23.